The quantitative estimate of drug-likeness (QED) is 0.0414. The van der Waals surface area contributed by atoms with E-state index in [0.29, 0.717) is 56.2 Å². The number of aliphatic hydroxyl groups excluding tert-OH is 2. The average molecular weight is 898 g/mol. The lowest BCUT2D eigenvalue weighted by Gasteiger charge is -2.63. The minimum Gasteiger partial charge on any atom is -0.466 e. The first-order valence-electron chi connectivity index (χ1n) is 23.6. The molecule has 0 aromatic carbocycles. The molecule has 0 spiro atoms. The number of nitrogens with one attached hydrogen (secondary N) is 1. The van der Waals surface area contributed by atoms with E-state index in [9.17, 15) is 24.3 Å². The number of aliphatic hydroxyl groups is 2. The molecule has 9 atom stereocenters. The Morgan fingerprint density at radius 2 is 1.46 bits per heavy atom. The smallest absolute Gasteiger partial charge is 0.407 e. The molecule has 4 rings (SSSR count). The van der Waals surface area contributed by atoms with Crippen LogP contribution in [0.25, 0.3) is 0 Å². The van der Waals surface area contributed by atoms with Crippen LogP contribution in [-0.4, -0.2) is 121 Å². The van der Waals surface area contributed by atoms with E-state index in [0.717, 1.165) is 49.4 Å². The van der Waals surface area contributed by atoms with E-state index in [4.69, 9.17) is 33.5 Å². The zero-order valence-electron chi connectivity index (χ0n) is 41.0. The van der Waals surface area contributed by atoms with E-state index in [-0.39, 0.29) is 43.9 Å². The summed E-state index contributed by atoms with van der Waals surface area (Å²) in [6, 6.07) is 0. The Balaban J connectivity index is 0.000000674. The highest BCUT2D eigenvalue weighted by molar-refractivity contribution is 5.77. The Labute approximate surface area is 379 Å². The van der Waals surface area contributed by atoms with Crippen LogP contribution in [0.4, 0.5) is 4.79 Å². The maximum absolute atomic E-state index is 12.7. The minimum absolute atomic E-state index is 0.0740. The lowest BCUT2D eigenvalue weighted by Crippen LogP contribution is -2.56. The van der Waals surface area contributed by atoms with Gasteiger partial charge in [0.25, 0.3) is 0 Å². The topological polar surface area (TPSA) is 185 Å². The number of carbonyl (C=O) groups is 4. The van der Waals surface area contributed by atoms with Gasteiger partial charge in [-0.05, 0) is 97.7 Å². The molecular weight excluding hydrogens is 811 g/mol. The van der Waals surface area contributed by atoms with E-state index >= 15 is 0 Å². The fraction of sp³-hybridized carbons (Fsp3) is 0.878. The third-order valence-corrected chi connectivity index (χ3v) is 14.6. The minimum atomic E-state index is -1.35. The number of fused-ring (bicyclic) bond motifs is 5. The molecular formula is C49H87NO13. The summed E-state index contributed by atoms with van der Waals surface area (Å²) in [6.45, 7) is 21.3. The monoisotopic (exact) mass is 898 g/mol. The summed E-state index contributed by atoms with van der Waals surface area (Å²) in [5, 5.41) is 20.5. The van der Waals surface area contributed by atoms with Gasteiger partial charge in [0.2, 0.25) is 0 Å². The number of esters is 3. The molecule has 0 aromatic heterocycles. The molecule has 0 aliphatic heterocycles. The molecule has 63 heavy (non-hydrogen) atoms. The fourth-order valence-corrected chi connectivity index (χ4v) is 11.2. The van der Waals surface area contributed by atoms with E-state index in [1.54, 1.807) is 14.2 Å². The number of hydrogen-bond donors (Lipinski definition) is 3. The van der Waals surface area contributed by atoms with Crippen molar-refractivity contribution in [1.82, 2.24) is 5.32 Å². The lowest BCUT2D eigenvalue weighted by atomic mass is 9.41. The maximum atomic E-state index is 12.7. The van der Waals surface area contributed by atoms with Crippen molar-refractivity contribution in [2.45, 2.75) is 145 Å². The highest BCUT2D eigenvalue weighted by Crippen LogP contribution is 2.72. The second kappa shape index (κ2) is 27.6. The summed E-state index contributed by atoms with van der Waals surface area (Å²) in [4.78, 5) is 46.2. The van der Waals surface area contributed by atoms with Crippen LogP contribution in [0.5, 0.6) is 0 Å². The highest BCUT2D eigenvalue weighted by atomic mass is 16.6. The van der Waals surface area contributed by atoms with Gasteiger partial charge in [-0.25, -0.2) is 4.79 Å². The SMILES string of the molecule is CC(=O)OCC(C)(CO)C(=O)OCCNC(=O)OC1CC[C@@]2(C)C(=CC[C@]3(C)[C@@H]2CC[C@]2(C)C([C@H](C)CCCC(C)C)CC[C@@H]32)C1.CC(=O)OCCCO.COCCOCCOC. The van der Waals surface area contributed by atoms with Crippen molar-refractivity contribution in [3.63, 3.8) is 0 Å². The number of methoxy groups -OCH3 is 2. The zero-order chi connectivity index (χ0) is 47.3. The van der Waals surface area contributed by atoms with Gasteiger partial charge in [0, 0.05) is 47.5 Å². The first-order chi connectivity index (χ1) is 29.8. The van der Waals surface area contributed by atoms with Gasteiger partial charge in [0.05, 0.1) is 46.2 Å². The number of allylic oxidation sites excluding steroid dienone is 1. The van der Waals surface area contributed by atoms with Gasteiger partial charge >= 0.3 is 24.0 Å². The van der Waals surface area contributed by atoms with Gasteiger partial charge in [0.1, 0.15) is 24.7 Å². The van der Waals surface area contributed by atoms with E-state index in [1.165, 1.54) is 71.3 Å². The Kier molecular flexibility index (Phi) is 24.7. The van der Waals surface area contributed by atoms with Crippen molar-refractivity contribution in [2.24, 2.45) is 51.2 Å². The van der Waals surface area contributed by atoms with Crippen molar-refractivity contribution in [2.75, 3.05) is 80.2 Å². The van der Waals surface area contributed by atoms with Crippen LogP contribution in [0.2, 0.25) is 0 Å². The molecule has 0 aromatic rings. The third-order valence-electron chi connectivity index (χ3n) is 14.6. The predicted molar refractivity (Wildman–Crippen MR) is 242 cm³/mol. The number of rotatable bonds is 22. The lowest BCUT2D eigenvalue weighted by molar-refractivity contribution is -0.164. The van der Waals surface area contributed by atoms with E-state index in [2.05, 4.69) is 57.7 Å². The molecule has 0 saturated heterocycles. The van der Waals surface area contributed by atoms with Crippen LogP contribution in [0.1, 0.15) is 139 Å². The molecule has 3 unspecified atom stereocenters. The average Bonchev–Trinajstić information content (AvgIpc) is 3.60. The Morgan fingerprint density at radius 1 is 0.794 bits per heavy atom. The van der Waals surface area contributed by atoms with Gasteiger partial charge in [-0.2, -0.15) is 0 Å². The fourth-order valence-electron chi connectivity index (χ4n) is 11.2. The zero-order valence-corrected chi connectivity index (χ0v) is 41.0. The summed E-state index contributed by atoms with van der Waals surface area (Å²) in [7, 11) is 3.30. The number of alkyl carbamates (subject to hydrolysis) is 1. The number of ether oxygens (including phenoxy) is 7. The summed E-state index contributed by atoms with van der Waals surface area (Å²) in [5.74, 6) is 2.35. The van der Waals surface area contributed by atoms with Crippen LogP contribution < -0.4 is 5.32 Å². The molecule has 3 fully saturated rings. The molecule has 1 amide bonds. The van der Waals surface area contributed by atoms with E-state index in [1.807, 2.05) is 0 Å². The van der Waals surface area contributed by atoms with Crippen molar-refractivity contribution < 1.29 is 62.5 Å². The molecule has 366 valence electrons. The third kappa shape index (κ3) is 16.9. The van der Waals surface area contributed by atoms with Crippen molar-refractivity contribution in [3.8, 4) is 0 Å². The molecule has 0 heterocycles. The number of hydrogen-bond acceptors (Lipinski definition) is 13. The van der Waals surface area contributed by atoms with Crippen molar-refractivity contribution in [1.29, 1.82) is 0 Å². The largest absolute Gasteiger partial charge is 0.466 e. The standard InChI is InChI=1S/C38H63NO7.C6H14O3.C5H10O3/c1-25(2)10-9-11-26(3)30-12-13-31-37(30,7)19-16-32-36(6)18-15-29(22-28(36)14-17-38(31,32)8)46-34(43)39-20-21-44-33(42)35(5,23-40)24-45-27(4)41;1-7-3-5-9-6-4-8-2;1-5(7)8-4-2-3-6/h14,25-26,29-32,40H,9-13,15-24H2,1-8H3,(H,39,43);3-6H2,1-2H3;6H,2-4H2,1H3/t26-,29?,30?,31-,32-,35?,36+,37-,38+;;/m1../s1. The summed E-state index contributed by atoms with van der Waals surface area (Å²) < 4.78 is 35.0. The summed E-state index contributed by atoms with van der Waals surface area (Å²) in [5.41, 5.74) is 1.04. The Morgan fingerprint density at radius 3 is 2.05 bits per heavy atom. The molecule has 3 saturated carbocycles. The summed E-state index contributed by atoms with van der Waals surface area (Å²) in [6.07, 6.45) is 15.7. The normalized spacial score (nSPS) is 28.4. The molecule has 0 radical (unpaired) electrons. The van der Waals surface area contributed by atoms with E-state index < -0.39 is 30.1 Å². The Hall–Kier alpha value is -2.78. The maximum Gasteiger partial charge on any atom is 0.407 e. The van der Waals surface area contributed by atoms with Crippen molar-refractivity contribution >= 4 is 24.0 Å². The Bertz CT molecular complexity index is 1420. The summed E-state index contributed by atoms with van der Waals surface area (Å²) >= 11 is 0. The van der Waals surface area contributed by atoms with Gasteiger partial charge in [-0.3, -0.25) is 14.4 Å². The van der Waals surface area contributed by atoms with Gasteiger partial charge in [-0.1, -0.05) is 72.5 Å². The first-order valence-corrected chi connectivity index (χ1v) is 23.6. The van der Waals surface area contributed by atoms with Gasteiger partial charge < -0.3 is 48.7 Å². The number of amides is 1. The van der Waals surface area contributed by atoms with Crippen LogP contribution in [0.3, 0.4) is 0 Å². The molecule has 3 N–H and O–H groups in total. The van der Waals surface area contributed by atoms with Crippen LogP contribution in [0.15, 0.2) is 11.6 Å². The van der Waals surface area contributed by atoms with Gasteiger partial charge in [0.15, 0.2) is 0 Å². The second-order valence-electron chi connectivity index (χ2n) is 19.8. The number of carbonyl (C=O) groups excluding carboxylic acids is 4. The molecule has 4 aliphatic carbocycles. The second-order valence-corrected chi connectivity index (χ2v) is 19.8. The van der Waals surface area contributed by atoms with Crippen LogP contribution in [0, 0.1) is 51.2 Å². The van der Waals surface area contributed by atoms with Crippen molar-refractivity contribution in [3.05, 3.63) is 11.6 Å². The first kappa shape index (κ1) is 56.3. The van der Waals surface area contributed by atoms with Crippen LogP contribution in [-0.2, 0) is 47.5 Å². The highest BCUT2D eigenvalue weighted by Gasteiger charge is 2.64. The molecule has 4 aliphatic rings. The van der Waals surface area contributed by atoms with Gasteiger partial charge in [-0.15, -0.1) is 0 Å². The predicted octanol–water partition coefficient (Wildman–Crippen LogP) is 7.85. The van der Waals surface area contributed by atoms with Crippen LogP contribution >= 0.6 is 0 Å². The molecule has 14 heteroatoms. The molecule has 0 bridgehead atoms. The molecule has 14 nitrogen and oxygen atoms in total.